The van der Waals surface area contributed by atoms with E-state index in [0.717, 1.165) is 0 Å². The van der Waals surface area contributed by atoms with Gasteiger partial charge in [0.25, 0.3) is 0 Å². The molecular weight excluding hydrogens is 521 g/mol. The van der Waals surface area contributed by atoms with Crippen molar-refractivity contribution in [1.29, 1.82) is 0 Å². The van der Waals surface area contributed by atoms with Crippen LogP contribution in [0, 0.1) is 0 Å². The van der Waals surface area contributed by atoms with Gasteiger partial charge in [0, 0.05) is 9.81 Å². The van der Waals surface area contributed by atoms with Crippen LogP contribution < -0.4 is 0 Å². The molecule has 0 aromatic heterocycles. The molecule has 0 atom stereocenters. The van der Waals surface area contributed by atoms with Gasteiger partial charge in [-0.3, -0.25) is 0 Å². The van der Waals surface area contributed by atoms with E-state index in [1.807, 2.05) is 94.1 Å². The fraction of sp³-hybridized carbons (Fsp3) is 0. The van der Waals surface area contributed by atoms with E-state index in [2.05, 4.69) is 71.5 Å². The van der Waals surface area contributed by atoms with Crippen LogP contribution in [-0.2, 0) is 0 Å². The summed E-state index contributed by atoms with van der Waals surface area (Å²) >= 11 is 15.4. The summed E-state index contributed by atoms with van der Waals surface area (Å²) in [6, 6.07) is 21.4. The maximum absolute atomic E-state index is 2.31. The first-order chi connectivity index (χ1) is 14.8. The van der Waals surface area contributed by atoms with Crippen molar-refractivity contribution in [3.63, 3.8) is 0 Å². The van der Waals surface area contributed by atoms with E-state index in [1.165, 1.54) is 46.4 Å². The van der Waals surface area contributed by atoms with Gasteiger partial charge in [-0.2, -0.15) is 0 Å². The summed E-state index contributed by atoms with van der Waals surface area (Å²) in [6.07, 6.45) is 0. The monoisotopic (exact) mass is 532 g/mol. The van der Waals surface area contributed by atoms with Gasteiger partial charge in [0.2, 0.25) is 0 Å². The Kier molecular flexibility index (Phi) is 6.20. The molecule has 2 aromatic rings. The summed E-state index contributed by atoms with van der Waals surface area (Å²) in [5.74, 6) is 0. The van der Waals surface area contributed by atoms with E-state index in [-0.39, 0.29) is 0 Å². The summed E-state index contributed by atoms with van der Waals surface area (Å²) in [6.45, 7) is 0. The Morgan fingerprint density at radius 1 is 0.367 bits per heavy atom. The van der Waals surface area contributed by atoms with E-state index in [0.29, 0.717) is 0 Å². The van der Waals surface area contributed by atoms with Crippen LogP contribution in [0.2, 0.25) is 0 Å². The van der Waals surface area contributed by atoms with Gasteiger partial charge in [0.15, 0.2) is 0 Å². The molecule has 0 nitrogen and oxygen atoms in total. The molecule has 0 spiro atoms. The highest BCUT2D eigenvalue weighted by molar-refractivity contribution is 8.47. The molecule has 0 aliphatic carbocycles. The largest absolute Gasteiger partial charge is 0.0877 e. The maximum atomic E-state index is 2.31. The lowest BCUT2D eigenvalue weighted by molar-refractivity contribution is 1.66. The Hall–Kier alpha value is -0.0600. The second kappa shape index (κ2) is 9.06. The zero-order valence-corrected chi connectivity index (χ0v) is 21.7. The van der Waals surface area contributed by atoms with Crippen molar-refractivity contribution in [1.82, 2.24) is 0 Å². The van der Waals surface area contributed by atoms with Crippen LogP contribution >= 0.6 is 94.1 Å². The molecule has 0 unspecified atom stereocenters. The lowest BCUT2D eigenvalue weighted by Gasteiger charge is -2.12. The van der Waals surface area contributed by atoms with Gasteiger partial charge < -0.3 is 0 Å². The minimum atomic E-state index is 1.31. The van der Waals surface area contributed by atoms with E-state index >= 15 is 0 Å². The van der Waals surface area contributed by atoms with E-state index < -0.39 is 0 Å². The number of benzene rings is 2. The fourth-order valence-electron chi connectivity index (χ4n) is 2.90. The first kappa shape index (κ1) is 20.5. The first-order valence-corrected chi connectivity index (χ1v) is 15.6. The molecule has 0 radical (unpaired) electrons. The standard InChI is InChI=1S/C22H12S8/c1-3-7-13(8-4-1)15-11-23-17-19(25-15)29-21(27-17)22-28-18-20(30-22)26-16(12-24-18)14-9-5-2-6-10-14/h1-12H/b22-21-. The molecule has 0 N–H and O–H groups in total. The molecule has 4 aliphatic rings. The number of hydrogen-bond donors (Lipinski definition) is 0. The van der Waals surface area contributed by atoms with Crippen molar-refractivity contribution in [3.8, 4) is 0 Å². The highest BCUT2D eigenvalue weighted by atomic mass is 32.3. The fourth-order valence-corrected chi connectivity index (χ4v) is 14.5. The molecule has 30 heavy (non-hydrogen) atoms. The van der Waals surface area contributed by atoms with Crippen molar-refractivity contribution in [2.24, 2.45) is 0 Å². The van der Waals surface area contributed by atoms with Crippen molar-refractivity contribution in [3.05, 3.63) is 108 Å². The average molecular weight is 533 g/mol. The Labute approximate surface area is 210 Å². The summed E-state index contributed by atoms with van der Waals surface area (Å²) in [7, 11) is 0. The Balaban J connectivity index is 1.15. The van der Waals surface area contributed by atoms with Gasteiger partial charge in [-0.15, -0.1) is 0 Å². The van der Waals surface area contributed by atoms with Crippen LogP contribution in [0.1, 0.15) is 11.1 Å². The second-order valence-corrected chi connectivity index (χ2v) is 15.8. The van der Waals surface area contributed by atoms with Crippen molar-refractivity contribution >= 4 is 104 Å². The zero-order valence-electron chi connectivity index (χ0n) is 15.2. The number of thioether (sulfide) groups is 8. The summed E-state index contributed by atoms with van der Waals surface area (Å²) in [5.41, 5.74) is 2.62. The van der Waals surface area contributed by atoms with Crippen LogP contribution in [-0.4, -0.2) is 0 Å². The second-order valence-electron chi connectivity index (χ2n) is 6.27. The third-order valence-electron chi connectivity index (χ3n) is 4.31. The molecule has 0 amide bonds. The summed E-state index contributed by atoms with van der Waals surface area (Å²) in [5, 5.41) is 4.61. The number of hydrogen-bond acceptors (Lipinski definition) is 8. The lowest BCUT2D eigenvalue weighted by atomic mass is 10.2. The van der Waals surface area contributed by atoms with Crippen molar-refractivity contribution < 1.29 is 0 Å². The Morgan fingerprint density at radius 3 is 1.17 bits per heavy atom. The van der Waals surface area contributed by atoms with Gasteiger partial charge in [-0.25, -0.2) is 0 Å². The lowest BCUT2D eigenvalue weighted by Crippen LogP contribution is -1.82. The highest BCUT2D eigenvalue weighted by Gasteiger charge is 2.33. The third-order valence-corrected chi connectivity index (χ3v) is 15.8. The van der Waals surface area contributed by atoms with Crippen LogP contribution in [0.3, 0.4) is 0 Å². The topological polar surface area (TPSA) is 0 Å². The van der Waals surface area contributed by atoms with Crippen LogP contribution in [0.25, 0.3) is 9.81 Å². The molecule has 0 saturated carbocycles. The van der Waals surface area contributed by atoms with Gasteiger partial charge in [0.05, 0.1) is 25.4 Å². The molecule has 4 aliphatic heterocycles. The molecule has 6 rings (SSSR count). The summed E-state index contributed by atoms with van der Waals surface area (Å²) < 4.78 is 8.61. The van der Waals surface area contributed by atoms with Crippen LogP contribution in [0.15, 0.2) is 96.9 Å². The van der Waals surface area contributed by atoms with E-state index in [1.54, 1.807) is 0 Å². The molecular formula is C22H12S8. The van der Waals surface area contributed by atoms with Gasteiger partial charge in [0.1, 0.15) is 0 Å². The molecule has 148 valence electrons. The zero-order chi connectivity index (χ0) is 19.9. The average Bonchev–Trinajstić information content (AvgIpc) is 3.43. The maximum Gasteiger partial charge on any atom is 0.0718 e. The Morgan fingerprint density at radius 2 is 0.733 bits per heavy atom. The van der Waals surface area contributed by atoms with Crippen LogP contribution in [0.4, 0.5) is 0 Å². The van der Waals surface area contributed by atoms with E-state index in [9.17, 15) is 0 Å². The molecule has 0 fully saturated rings. The quantitative estimate of drug-likeness (QED) is 0.370. The van der Waals surface area contributed by atoms with Crippen molar-refractivity contribution in [2.75, 3.05) is 0 Å². The molecule has 8 heteroatoms. The van der Waals surface area contributed by atoms with Crippen LogP contribution in [0.5, 0.6) is 0 Å². The predicted molar refractivity (Wildman–Crippen MR) is 151 cm³/mol. The van der Waals surface area contributed by atoms with Gasteiger partial charge in [-0.1, -0.05) is 155 Å². The van der Waals surface area contributed by atoms with Gasteiger partial charge >= 0.3 is 0 Å². The van der Waals surface area contributed by atoms with E-state index in [4.69, 9.17) is 0 Å². The van der Waals surface area contributed by atoms with Crippen molar-refractivity contribution in [2.45, 2.75) is 0 Å². The molecule has 4 heterocycles. The van der Waals surface area contributed by atoms with Gasteiger partial charge in [-0.05, 0) is 21.9 Å². The normalized spacial score (nSPS) is 23.3. The first-order valence-electron chi connectivity index (χ1n) is 8.98. The SMILES string of the molecule is C1=C(c2ccccc2)SC2=C(S1)S/C(=C1\SC3=C(SC(c4ccccc4)=CS3)S1)S2. The number of rotatable bonds is 2. The Bertz CT molecular complexity index is 1080. The minimum Gasteiger partial charge on any atom is -0.0877 e. The minimum absolute atomic E-state index is 1.31. The predicted octanol–water partition coefficient (Wildman–Crippen LogP) is 10.3. The molecule has 2 aromatic carbocycles. The molecule has 0 saturated heterocycles. The molecule has 0 bridgehead atoms. The summed E-state index contributed by atoms with van der Waals surface area (Å²) in [4.78, 5) is 2.70. The third kappa shape index (κ3) is 4.15. The smallest absolute Gasteiger partial charge is 0.0718 e. The highest BCUT2D eigenvalue weighted by Crippen LogP contribution is 2.70.